The predicted octanol–water partition coefficient (Wildman–Crippen LogP) is 0.842. The Morgan fingerprint density at radius 1 is 1.53 bits per heavy atom. The molecule has 0 bridgehead atoms. The average Bonchev–Trinajstić information content (AvgIpc) is 2.66. The minimum atomic E-state index is -2.88. The molecule has 1 aromatic heterocycles. The molecule has 0 fully saturated rings. The van der Waals surface area contributed by atoms with Gasteiger partial charge in [0.25, 0.3) is 0 Å². The lowest BCUT2D eigenvalue weighted by Gasteiger charge is -2.00. The first-order chi connectivity index (χ1) is 7.07. The third-order valence-electron chi connectivity index (χ3n) is 2.01. The fourth-order valence-electron chi connectivity index (χ4n) is 1.10. The van der Waals surface area contributed by atoms with Crippen molar-refractivity contribution < 1.29 is 8.42 Å². The predicted molar refractivity (Wildman–Crippen MR) is 58.5 cm³/mol. The van der Waals surface area contributed by atoms with Gasteiger partial charge in [0.2, 0.25) is 0 Å². The molecule has 15 heavy (non-hydrogen) atoms. The van der Waals surface area contributed by atoms with E-state index in [1.807, 2.05) is 0 Å². The molecule has 0 aliphatic heterocycles. The Labute approximate surface area is 94.3 Å². The SMILES string of the molecule is CCS(=O)(=O)CCCn1cc(CCl)nn1. The lowest BCUT2D eigenvalue weighted by atomic mass is 10.5. The van der Waals surface area contributed by atoms with Crippen LogP contribution in [0.2, 0.25) is 0 Å². The molecule has 0 radical (unpaired) electrons. The first-order valence-electron chi connectivity index (χ1n) is 4.73. The highest BCUT2D eigenvalue weighted by molar-refractivity contribution is 7.91. The summed E-state index contributed by atoms with van der Waals surface area (Å²) in [5.74, 6) is 0.712. The average molecular weight is 252 g/mol. The van der Waals surface area contributed by atoms with Crippen molar-refractivity contribution in [2.45, 2.75) is 25.8 Å². The number of hydrogen-bond donors (Lipinski definition) is 0. The summed E-state index contributed by atoms with van der Waals surface area (Å²) in [5.41, 5.74) is 0.704. The van der Waals surface area contributed by atoms with Crippen molar-refractivity contribution in [3.8, 4) is 0 Å². The van der Waals surface area contributed by atoms with Gasteiger partial charge >= 0.3 is 0 Å². The third kappa shape index (κ3) is 4.17. The van der Waals surface area contributed by atoms with Gasteiger partial charge in [0, 0.05) is 18.5 Å². The van der Waals surface area contributed by atoms with Crippen LogP contribution in [0.15, 0.2) is 6.20 Å². The Hall–Kier alpha value is -0.620. The van der Waals surface area contributed by atoms with Gasteiger partial charge in [-0.3, -0.25) is 4.68 Å². The molecule has 0 N–H and O–H groups in total. The van der Waals surface area contributed by atoms with E-state index in [-0.39, 0.29) is 11.5 Å². The van der Waals surface area contributed by atoms with Gasteiger partial charge in [-0.05, 0) is 6.42 Å². The highest BCUT2D eigenvalue weighted by atomic mass is 35.5. The molecular weight excluding hydrogens is 238 g/mol. The standard InChI is InChI=1S/C8H14ClN3O2S/c1-2-15(13,14)5-3-4-12-7-8(6-9)10-11-12/h7H,2-6H2,1H3. The zero-order valence-corrected chi connectivity index (χ0v) is 10.1. The number of hydrogen-bond acceptors (Lipinski definition) is 4. The highest BCUT2D eigenvalue weighted by Crippen LogP contribution is 2.00. The van der Waals surface area contributed by atoms with Crippen LogP contribution in [0.25, 0.3) is 0 Å². The highest BCUT2D eigenvalue weighted by Gasteiger charge is 2.07. The summed E-state index contributed by atoms with van der Waals surface area (Å²) in [6.07, 6.45) is 2.28. The van der Waals surface area contributed by atoms with Crippen LogP contribution >= 0.6 is 11.6 Å². The Morgan fingerprint density at radius 3 is 2.80 bits per heavy atom. The molecule has 0 unspecified atom stereocenters. The maximum atomic E-state index is 11.2. The largest absolute Gasteiger partial charge is 0.252 e. The third-order valence-corrected chi connectivity index (χ3v) is 4.07. The Balaban J connectivity index is 2.38. The molecule has 0 atom stereocenters. The second-order valence-electron chi connectivity index (χ2n) is 3.20. The maximum Gasteiger partial charge on any atom is 0.150 e. The Morgan fingerprint density at radius 2 is 2.27 bits per heavy atom. The van der Waals surface area contributed by atoms with E-state index in [4.69, 9.17) is 11.6 Å². The second-order valence-corrected chi connectivity index (χ2v) is 5.94. The number of rotatable bonds is 6. The first kappa shape index (κ1) is 12.4. The molecule has 1 rings (SSSR count). The molecule has 0 aliphatic rings. The summed E-state index contributed by atoms with van der Waals surface area (Å²) in [6, 6.07) is 0. The smallest absolute Gasteiger partial charge is 0.150 e. The number of aromatic nitrogens is 3. The number of aryl methyl sites for hydroxylation is 1. The molecule has 0 aromatic carbocycles. The van der Waals surface area contributed by atoms with Crippen LogP contribution in [0.3, 0.4) is 0 Å². The maximum absolute atomic E-state index is 11.2. The number of sulfone groups is 1. The topological polar surface area (TPSA) is 64.8 Å². The molecule has 0 spiro atoms. The molecular formula is C8H14ClN3O2S. The Kier molecular flexibility index (Phi) is 4.53. The zero-order valence-electron chi connectivity index (χ0n) is 8.56. The molecule has 0 saturated heterocycles. The zero-order chi connectivity index (χ0) is 11.3. The monoisotopic (exact) mass is 251 g/mol. The fraction of sp³-hybridized carbons (Fsp3) is 0.750. The van der Waals surface area contributed by atoms with Crippen LogP contribution in [0.5, 0.6) is 0 Å². The lowest BCUT2D eigenvalue weighted by Crippen LogP contribution is -2.11. The molecule has 0 aliphatic carbocycles. The van der Waals surface area contributed by atoms with E-state index in [2.05, 4.69) is 10.3 Å². The minimum absolute atomic E-state index is 0.192. The quantitative estimate of drug-likeness (QED) is 0.703. The van der Waals surface area contributed by atoms with Gasteiger partial charge in [0.1, 0.15) is 9.84 Å². The van der Waals surface area contributed by atoms with Gasteiger partial charge in [-0.15, -0.1) is 16.7 Å². The minimum Gasteiger partial charge on any atom is -0.252 e. The van der Waals surface area contributed by atoms with E-state index in [9.17, 15) is 8.42 Å². The summed E-state index contributed by atoms with van der Waals surface area (Å²) in [4.78, 5) is 0. The lowest BCUT2D eigenvalue weighted by molar-refractivity contribution is 0.562. The summed E-state index contributed by atoms with van der Waals surface area (Å²) in [7, 11) is -2.88. The molecule has 86 valence electrons. The first-order valence-corrected chi connectivity index (χ1v) is 7.08. The number of alkyl halides is 1. The van der Waals surface area contributed by atoms with Gasteiger partial charge < -0.3 is 0 Å². The van der Waals surface area contributed by atoms with E-state index in [0.717, 1.165) is 0 Å². The van der Waals surface area contributed by atoms with Crippen LogP contribution in [-0.4, -0.2) is 34.9 Å². The van der Waals surface area contributed by atoms with Crippen molar-refractivity contribution in [1.82, 2.24) is 15.0 Å². The van der Waals surface area contributed by atoms with Gasteiger partial charge in [-0.25, -0.2) is 8.42 Å². The van der Waals surface area contributed by atoms with Crippen molar-refractivity contribution in [1.29, 1.82) is 0 Å². The van der Waals surface area contributed by atoms with E-state index >= 15 is 0 Å². The number of halogens is 1. The van der Waals surface area contributed by atoms with E-state index in [1.54, 1.807) is 17.8 Å². The normalized spacial score (nSPS) is 11.9. The van der Waals surface area contributed by atoms with E-state index in [0.29, 0.717) is 24.5 Å². The van der Waals surface area contributed by atoms with Gasteiger partial charge in [0.05, 0.1) is 17.3 Å². The molecule has 5 nitrogen and oxygen atoms in total. The van der Waals surface area contributed by atoms with Crippen LogP contribution in [-0.2, 0) is 22.3 Å². The van der Waals surface area contributed by atoms with Crippen LogP contribution in [0.4, 0.5) is 0 Å². The van der Waals surface area contributed by atoms with Crippen molar-refractivity contribution in [3.05, 3.63) is 11.9 Å². The summed E-state index contributed by atoms with van der Waals surface area (Å²) in [5, 5.41) is 7.62. The summed E-state index contributed by atoms with van der Waals surface area (Å²) in [6.45, 7) is 2.21. The Bertz CT molecular complexity index is 402. The van der Waals surface area contributed by atoms with Crippen LogP contribution < -0.4 is 0 Å². The van der Waals surface area contributed by atoms with E-state index in [1.165, 1.54) is 0 Å². The summed E-state index contributed by atoms with van der Waals surface area (Å²) < 4.78 is 24.0. The van der Waals surface area contributed by atoms with Crippen LogP contribution in [0.1, 0.15) is 19.0 Å². The molecule has 0 saturated carbocycles. The van der Waals surface area contributed by atoms with Crippen molar-refractivity contribution in [2.24, 2.45) is 0 Å². The molecule has 7 heteroatoms. The fourth-order valence-corrected chi connectivity index (χ4v) is 2.08. The molecule has 0 amide bonds. The van der Waals surface area contributed by atoms with Gasteiger partial charge in [-0.2, -0.15) is 0 Å². The van der Waals surface area contributed by atoms with Crippen LogP contribution in [0, 0.1) is 0 Å². The van der Waals surface area contributed by atoms with Gasteiger partial charge in [0.15, 0.2) is 0 Å². The summed E-state index contributed by atoms with van der Waals surface area (Å²) >= 11 is 5.56. The van der Waals surface area contributed by atoms with E-state index < -0.39 is 9.84 Å². The van der Waals surface area contributed by atoms with Crippen molar-refractivity contribution in [2.75, 3.05) is 11.5 Å². The van der Waals surface area contributed by atoms with Gasteiger partial charge in [-0.1, -0.05) is 12.1 Å². The second kappa shape index (κ2) is 5.46. The van der Waals surface area contributed by atoms with Crippen molar-refractivity contribution >= 4 is 21.4 Å². The molecule has 1 aromatic rings. The number of nitrogens with zero attached hydrogens (tertiary/aromatic N) is 3. The van der Waals surface area contributed by atoms with Crippen molar-refractivity contribution in [3.63, 3.8) is 0 Å². The molecule has 1 heterocycles.